The number of carboxylic acid groups (broad SMARTS) is 1. The maximum absolute atomic E-state index is 12.4. The molecule has 118 valence electrons. The highest BCUT2D eigenvalue weighted by atomic mass is 16.4. The van der Waals surface area contributed by atoms with Crippen LogP contribution in [0, 0.1) is 11.8 Å². The van der Waals surface area contributed by atoms with E-state index in [-0.39, 0.29) is 12.6 Å². The Labute approximate surface area is 122 Å². The highest BCUT2D eigenvalue weighted by Gasteiger charge is 2.21. The van der Waals surface area contributed by atoms with Gasteiger partial charge in [0.05, 0.1) is 0 Å². The second-order valence-corrected chi connectivity index (χ2v) is 6.04. The van der Waals surface area contributed by atoms with Crippen LogP contribution in [0.2, 0.25) is 0 Å². The number of hydrogen-bond acceptors (Lipinski definition) is 2. The van der Waals surface area contributed by atoms with Gasteiger partial charge in [0.25, 0.3) is 0 Å². The smallest absolute Gasteiger partial charge is 0.323 e. The average Bonchev–Trinajstić information content (AvgIpc) is 2.34. The first-order chi connectivity index (χ1) is 9.27. The van der Waals surface area contributed by atoms with Gasteiger partial charge in [-0.1, -0.05) is 27.7 Å². The van der Waals surface area contributed by atoms with E-state index in [1.165, 1.54) is 4.90 Å². The molecule has 0 spiro atoms. The number of amides is 2. The second-order valence-electron chi connectivity index (χ2n) is 6.04. The lowest BCUT2D eigenvalue weighted by molar-refractivity contribution is -0.137. The van der Waals surface area contributed by atoms with Crippen molar-refractivity contribution in [2.24, 2.45) is 11.8 Å². The average molecular weight is 286 g/mol. The molecule has 0 saturated carbocycles. The van der Waals surface area contributed by atoms with Gasteiger partial charge in [-0.05, 0) is 31.6 Å². The molecule has 0 radical (unpaired) electrons. The monoisotopic (exact) mass is 286 g/mol. The van der Waals surface area contributed by atoms with Gasteiger partial charge in [0, 0.05) is 19.6 Å². The minimum atomic E-state index is -0.965. The molecule has 0 aliphatic rings. The van der Waals surface area contributed by atoms with Crippen LogP contribution >= 0.6 is 0 Å². The predicted octanol–water partition coefficient (Wildman–Crippen LogP) is 2.91. The largest absolute Gasteiger partial charge is 0.480 e. The third kappa shape index (κ3) is 8.02. The lowest BCUT2D eigenvalue weighted by Gasteiger charge is -2.30. The summed E-state index contributed by atoms with van der Waals surface area (Å²) in [4.78, 5) is 26.4. The van der Waals surface area contributed by atoms with E-state index in [1.54, 1.807) is 4.90 Å². The SMILES string of the molecule is CCN(CC(=O)O)C(=O)N(CCC(C)C)CCC(C)C. The summed E-state index contributed by atoms with van der Waals surface area (Å²) in [5.74, 6) is 0.0886. The van der Waals surface area contributed by atoms with Gasteiger partial charge >= 0.3 is 12.0 Å². The van der Waals surface area contributed by atoms with E-state index in [0.29, 0.717) is 31.5 Å². The summed E-state index contributed by atoms with van der Waals surface area (Å²) >= 11 is 0. The Balaban J connectivity index is 4.69. The molecule has 0 bridgehead atoms. The van der Waals surface area contributed by atoms with Crippen molar-refractivity contribution in [3.8, 4) is 0 Å². The van der Waals surface area contributed by atoms with E-state index in [2.05, 4.69) is 27.7 Å². The molecule has 20 heavy (non-hydrogen) atoms. The summed E-state index contributed by atoms with van der Waals surface area (Å²) < 4.78 is 0. The number of carboxylic acids is 1. The fraction of sp³-hybridized carbons (Fsp3) is 0.867. The molecule has 1 N–H and O–H groups in total. The number of carbonyl (C=O) groups excluding carboxylic acids is 1. The summed E-state index contributed by atoms with van der Waals surface area (Å²) in [5, 5.41) is 8.87. The molecule has 0 aromatic carbocycles. The van der Waals surface area contributed by atoms with Crippen molar-refractivity contribution in [3.63, 3.8) is 0 Å². The van der Waals surface area contributed by atoms with E-state index < -0.39 is 5.97 Å². The molecular formula is C15H30N2O3. The minimum absolute atomic E-state index is 0.156. The van der Waals surface area contributed by atoms with Crippen LogP contribution in [-0.4, -0.2) is 53.1 Å². The van der Waals surface area contributed by atoms with Gasteiger partial charge in [-0.15, -0.1) is 0 Å². The molecule has 0 aliphatic carbocycles. The van der Waals surface area contributed by atoms with Crippen molar-refractivity contribution < 1.29 is 14.7 Å². The van der Waals surface area contributed by atoms with Crippen LogP contribution in [0.1, 0.15) is 47.5 Å². The van der Waals surface area contributed by atoms with E-state index >= 15 is 0 Å². The van der Waals surface area contributed by atoms with Gasteiger partial charge < -0.3 is 14.9 Å². The summed E-state index contributed by atoms with van der Waals surface area (Å²) in [6.07, 6.45) is 1.88. The van der Waals surface area contributed by atoms with Crippen LogP contribution < -0.4 is 0 Å². The van der Waals surface area contributed by atoms with Gasteiger partial charge in [0.15, 0.2) is 0 Å². The molecule has 0 aliphatic heterocycles. The third-order valence-electron chi connectivity index (χ3n) is 3.20. The maximum atomic E-state index is 12.4. The number of urea groups is 1. The Kier molecular flexibility index (Phi) is 9.01. The minimum Gasteiger partial charge on any atom is -0.480 e. The van der Waals surface area contributed by atoms with E-state index in [4.69, 9.17) is 5.11 Å². The van der Waals surface area contributed by atoms with Crippen LogP contribution in [-0.2, 0) is 4.79 Å². The van der Waals surface area contributed by atoms with Crippen LogP contribution in [0.3, 0.4) is 0 Å². The van der Waals surface area contributed by atoms with Gasteiger partial charge in [-0.25, -0.2) is 4.79 Å². The summed E-state index contributed by atoms with van der Waals surface area (Å²) in [6, 6.07) is -0.156. The van der Waals surface area contributed by atoms with Crippen molar-refractivity contribution in [2.75, 3.05) is 26.2 Å². The molecule has 5 heteroatoms. The Hall–Kier alpha value is -1.26. The number of aliphatic carboxylic acids is 1. The highest BCUT2D eigenvalue weighted by Crippen LogP contribution is 2.09. The Morgan fingerprint density at radius 1 is 0.950 bits per heavy atom. The summed E-state index contributed by atoms with van der Waals surface area (Å²) in [7, 11) is 0. The van der Waals surface area contributed by atoms with Crippen LogP contribution in [0.15, 0.2) is 0 Å². The fourth-order valence-electron chi connectivity index (χ4n) is 1.81. The first kappa shape index (κ1) is 18.7. The van der Waals surface area contributed by atoms with Gasteiger partial charge in [-0.2, -0.15) is 0 Å². The maximum Gasteiger partial charge on any atom is 0.323 e. The third-order valence-corrected chi connectivity index (χ3v) is 3.20. The normalized spacial score (nSPS) is 10.9. The Morgan fingerprint density at radius 2 is 1.40 bits per heavy atom. The van der Waals surface area contributed by atoms with Gasteiger partial charge in [0.1, 0.15) is 6.54 Å². The van der Waals surface area contributed by atoms with Crippen molar-refractivity contribution >= 4 is 12.0 Å². The molecule has 5 nitrogen and oxygen atoms in total. The Morgan fingerprint density at radius 3 is 1.70 bits per heavy atom. The lowest BCUT2D eigenvalue weighted by atomic mass is 10.1. The zero-order chi connectivity index (χ0) is 15.7. The highest BCUT2D eigenvalue weighted by molar-refractivity contribution is 5.80. The molecule has 0 aromatic heterocycles. The van der Waals surface area contributed by atoms with Crippen molar-refractivity contribution in [1.29, 1.82) is 0 Å². The number of carbonyl (C=O) groups is 2. The fourth-order valence-corrected chi connectivity index (χ4v) is 1.81. The number of nitrogens with zero attached hydrogens (tertiary/aromatic N) is 2. The molecule has 0 aromatic rings. The van der Waals surface area contributed by atoms with Gasteiger partial charge in [0.2, 0.25) is 0 Å². The van der Waals surface area contributed by atoms with Crippen LogP contribution in [0.5, 0.6) is 0 Å². The first-order valence-corrected chi connectivity index (χ1v) is 7.53. The number of hydrogen-bond donors (Lipinski definition) is 1. The summed E-state index contributed by atoms with van der Waals surface area (Å²) in [6.45, 7) is 11.9. The molecular weight excluding hydrogens is 256 g/mol. The first-order valence-electron chi connectivity index (χ1n) is 7.53. The van der Waals surface area contributed by atoms with Crippen molar-refractivity contribution in [2.45, 2.75) is 47.5 Å². The lowest BCUT2D eigenvalue weighted by Crippen LogP contribution is -2.46. The zero-order valence-corrected chi connectivity index (χ0v) is 13.6. The van der Waals surface area contributed by atoms with Gasteiger partial charge in [-0.3, -0.25) is 4.79 Å². The zero-order valence-electron chi connectivity index (χ0n) is 13.6. The Bertz CT molecular complexity index is 291. The summed E-state index contributed by atoms with van der Waals surface area (Å²) in [5.41, 5.74) is 0. The molecule has 0 heterocycles. The van der Waals surface area contributed by atoms with E-state index in [9.17, 15) is 9.59 Å². The van der Waals surface area contributed by atoms with E-state index in [0.717, 1.165) is 12.8 Å². The van der Waals surface area contributed by atoms with E-state index in [1.807, 2.05) is 6.92 Å². The molecule has 2 amide bonds. The molecule has 0 atom stereocenters. The molecule has 0 saturated heterocycles. The van der Waals surface area contributed by atoms with Crippen LogP contribution in [0.4, 0.5) is 4.79 Å². The predicted molar refractivity (Wildman–Crippen MR) is 80.8 cm³/mol. The standard InChI is InChI=1S/C15H30N2O3/c1-6-16(11-14(18)19)15(20)17(9-7-12(2)3)10-8-13(4)5/h12-13H,6-11H2,1-5H3,(H,18,19). The molecule has 0 unspecified atom stereocenters. The molecule has 0 fully saturated rings. The van der Waals surface area contributed by atoms with Crippen molar-refractivity contribution in [1.82, 2.24) is 9.80 Å². The van der Waals surface area contributed by atoms with Crippen molar-refractivity contribution in [3.05, 3.63) is 0 Å². The van der Waals surface area contributed by atoms with Crippen LogP contribution in [0.25, 0.3) is 0 Å². The number of rotatable bonds is 9. The molecule has 0 rings (SSSR count). The quantitative estimate of drug-likeness (QED) is 0.709. The number of likely N-dealkylation sites (N-methyl/N-ethyl adjacent to an activating group) is 1. The second kappa shape index (κ2) is 9.61. The topological polar surface area (TPSA) is 60.9 Å².